The Hall–Kier alpha value is -8.15. The maximum atomic E-state index is 2.74. The zero-order valence-electron chi connectivity index (χ0n) is 51.0. The van der Waals surface area contributed by atoms with E-state index in [1.165, 1.54) is 182 Å². The highest BCUT2D eigenvalue weighted by atomic mass is 31.1. The molecule has 6 aliphatic rings. The summed E-state index contributed by atoms with van der Waals surface area (Å²) in [4.78, 5) is 0. The summed E-state index contributed by atoms with van der Waals surface area (Å²) in [5, 5.41) is 12.4. The topological polar surface area (TPSA) is 0 Å². The highest BCUT2D eigenvalue weighted by Gasteiger charge is 2.48. The van der Waals surface area contributed by atoms with Crippen LogP contribution in [0.1, 0.15) is 150 Å². The Morgan fingerprint density at radius 2 is 0.400 bits per heavy atom. The molecule has 0 radical (unpaired) electrons. The summed E-state index contributed by atoms with van der Waals surface area (Å²) < 4.78 is 0. The van der Waals surface area contributed by atoms with Crippen molar-refractivity contribution in [3.63, 3.8) is 0 Å². The Balaban J connectivity index is 0.935. The molecule has 0 atom stereocenters. The van der Waals surface area contributed by atoms with Crippen LogP contribution in [0.25, 0.3) is 99.1 Å². The van der Waals surface area contributed by atoms with E-state index in [0.717, 1.165) is 0 Å². The van der Waals surface area contributed by atoms with E-state index in [1.807, 2.05) is 0 Å². The van der Waals surface area contributed by atoms with E-state index in [2.05, 4.69) is 283 Å². The van der Waals surface area contributed by atoms with Crippen molar-refractivity contribution < 1.29 is 0 Å². The van der Waals surface area contributed by atoms with Crippen LogP contribution in [0.5, 0.6) is 0 Å². The molecule has 0 saturated carbocycles. The highest BCUT2D eigenvalue weighted by molar-refractivity contribution is 7.81. The number of hydrogen-bond acceptors (Lipinski definition) is 0. The van der Waals surface area contributed by atoms with Gasteiger partial charge in [-0.1, -0.05) is 229 Å². The summed E-state index contributed by atoms with van der Waals surface area (Å²) in [7, 11) is -1.28. The molecule has 0 aromatic heterocycles. The van der Waals surface area contributed by atoms with Gasteiger partial charge in [-0.3, -0.25) is 0 Å². The molecule has 0 heterocycles. The van der Waals surface area contributed by atoms with Gasteiger partial charge < -0.3 is 0 Å². The minimum absolute atomic E-state index is 0.108. The fraction of sp³-hybridized carbons (Fsp3) is 0.214. The van der Waals surface area contributed by atoms with E-state index in [-0.39, 0.29) is 32.5 Å². The molecule has 0 aliphatic heterocycles. The Labute approximate surface area is 502 Å². The van der Waals surface area contributed by atoms with E-state index in [1.54, 1.807) is 0 Å². The van der Waals surface area contributed by atoms with Crippen molar-refractivity contribution in [3.05, 3.63) is 267 Å². The van der Waals surface area contributed by atoms with Crippen LogP contribution < -0.4 is 15.9 Å². The van der Waals surface area contributed by atoms with Crippen molar-refractivity contribution in [2.24, 2.45) is 0 Å². The van der Waals surface area contributed by atoms with Gasteiger partial charge >= 0.3 is 0 Å². The number of fused-ring (bicyclic) bond motifs is 24. The normalized spacial score (nSPS) is 17.6. The Bertz CT molecular complexity index is 4610. The average molecular weight is 1110 g/mol. The van der Waals surface area contributed by atoms with Gasteiger partial charge in [0.15, 0.2) is 0 Å². The van der Waals surface area contributed by atoms with Gasteiger partial charge in [-0.2, -0.15) is 0 Å². The van der Waals surface area contributed by atoms with Crippen molar-refractivity contribution in [2.75, 3.05) is 0 Å². The van der Waals surface area contributed by atoms with Crippen molar-refractivity contribution in [2.45, 2.75) is 116 Å². The van der Waals surface area contributed by atoms with Gasteiger partial charge in [0.25, 0.3) is 0 Å². The first-order valence-corrected chi connectivity index (χ1v) is 32.4. The van der Waals surface area contributed by atoms with Crippen LogP contribution in [0.2, 0.25) is 0 Å². The smallest absolute Gasteiger partial charge is 0.0159 e. The van der Waals surface area contributed by atoms with Crippen LogP contribution in [0.3, 0.4) is 0 Å². The SMILES string of the molecule is CC1(C)c2ccccc2-c2cc3c(cc21)-c1c(cc(P(c2cc4c(c5ccccc25)-c2cc5c(cc2C4(C)C)-c2ccccc2C5(C)C)c2cc4c(c5ccccc25)-c2cc5c(cc2C4(C)C)-c2ccccc2C5(C)C)c2ccccc12)C3(C)C. The third-order valence-corrected chi connectivity index (χ3v) is 25.4. The van der Waals surface area contributed by atoms with Crippen molar-refractivity contribution in [1.82, 2.24) is 0 Å². The van der Waals surface area contributed by atoms with Gasteiger partial charge in [0, 0.05) is 32.5 Å². The van der Waals surface area contributed by atoms with Gasteiger partial charge in [-0.25, -0.2) is 0 Å². The summed E-state index contributed by atoms with van der Waals surface area (Å²) in [5.74, 6) is 0. The van der Waals surface area contributed by atoms with E-state index in [4.69, 9.17) is 0 Å². The summed E-state index contributed by atoms with van der Waals surface area (Å²) in [6, 6.07) is 80.0. The third-order valence-electron chi connectivity index (χ3n) is 22.8. The van der Waals surface area contributed by atoms with Gasteiger partial charge in [-0.05, 0) is 244 Å². The predicted molar refractivity (Wildman–Crippen MR) is 363 cm³/mol. The average Bonchev–Trinajstić information content (AvgIpc) is 1.69. The lowest BCUT2D eigenvalue weighted by Crippen LogP contribution is -2.27. The Kier molecular flexibility index (Phi) is 9.46. The van der Waals surface area contributed by atoms with Crippen LogP contribution in [0.15, 0.2) is 200 Å². The Morgan fingerprint density at radius 3 is 0.682 bits per heavy atom. The third kappa shape index (κ3) is 6.03. The van der Waals surface area contributed by atoms with Gasteiger partial charge in [0.1, 0.15) is 0 Å². The first-order valence-electron chi connectivity index (χ1n) is 31.1. The number of rotatable bonds is 3. The molecule has 0 spiro atoms. The van der Waals surface area contributed by atoms with Gasteiger partial charge in [0.05, 0.1) is 0 Å². The van der Waals surface area contributed by atoms with Crippen LogP contribution in [-0.2, 0) is 32.5 Å². The minimum atomic E-state index is -1.28. The molecule has 0 amide bonds. The molecule has 1 heteroatoms. The summed E-state index contributed by atoms with van der Waals surface area (Å²) >= 11 is 0. The van der Waals surface area contributed by atoms with E-state index < -0.39 is 7.92 Å². The monoisotopic (exact) mass is 1110 g/mol. The lowest BCUT2D eigenvalue weighted by Gasteiger charge is -2.31. The molecule has 0 bridgehead atoms. The second-order valence-electron chi connectivity index (χ2n) is 29.1. The molecule has 0 fully saturated rings. The molecule has 6 aliphatic carbocycles. The highest BCUT2D eigenvalue weighted by Crippen LogP contribution is 2.63. The van der Waals surface area contributed by atoms with E-state index in [9.17, 15) is 0 Å². The zero-order chi connectivity index (χ0) is 58.0. The molecule has 85 heavy (non-hydrogen) atoms. The molecule has 0 N–H and O–H groups in total. The van der Waals surface area contributed by atoms with Crippen LogP contribution in [0, 0.1) is 0 Å². The second kappa shape index (κ2) is 16.0. The molecule has 0 saturated heterocycles. The summed E-state index contributed by atoms with van der Waals surface area (Å²) in [6.45, 7) is 29.7. The first-order chi connectivity index (χ1) is 40.7. The zero-order valence-corrected chi connectivity index (χ0v) is 51.9. The van der Waals surface area contributed by atoms with Crippen molar-refractivity contribution in [1.29, 1.82) is 0 Å². The largest absolute Gasteiger partial charge is 0.0619 e. The molecule has 18 rings (SSSR count). The standard InChI is InChI=1S/C84H69P/c1-79(2)61-34-22-19-25-46(61)55-37-67-58(40-64(55)79)76-52-31-16-13-28-49(52)73(43-70(76)82(67,7)8)85(74-44-71-77(53-32-17-14-29-50(53)74)59-41-65-56(38-68(59)83(71,9)10)47-26-20-23-35-62(47)80(65,3)4)75-45-72-78(54-33-18-15-30-51(54)75)60-42-66-57(39-69(60)84(72,11)12)48-27-21-24-36-63(48)81(66,5)6/h13-45H,1-12H3. The quantitative estimate of drug-likeness (QED) is 0.155. The fourth-order valence-electron chi connectivity index (χ4n) is 18.2. The molecular weight excluding hydrogens is 1040 g/mol. The fourth-order valence-corrected chi connectivity index (χ4v) is 21.1. The van der Waals surface area contributed by atoms with E-state index >= 15 is 0 Å². The molecular formula is C84H69P. The number of hydrogen-bond donors (Lipinski definition) is 0. The summed E-state index contributed by atoms with van der Waals surface area (Å²) in [6.07, 6.45) is 0. The molecule has 12 aromatic rings. The van der Waals surface area contributed by atoms with Crippen LogP contribution >= 0.6 is 7.92 Å². The number of benzene rings is 12. The lowest BCUT2D eigenvalue weighted by molar-refractivity contribution is 0.652. The van der Waals surface area contributed by atoms with E-state index in [0.29, 0.717) is 0 Å². The van der Waals surface area contributed by atoms with Crippen LogP contribution in [-0.4, -0.2) is 0 Å². The second-order valence-corrected chi connectivity index (χ2v) is 31.3. The lowest BCUT2D eigenvalue weighted by atomic mass is 9.79. The maximum absolute atomic E-state index is 2.74. The summed E-state index contributed by atoms with van der Waals surface area (Å²) in [5.41, 5.74) is 32.8. The van der Waals surface area contributed by atoms with Crippen molar-refractivity contribution >= 4 is 56.2 Å². The molecule has 0 nitrogen and oxygen atoms in total. The molecule has 0 unspecified atom stereocenters. The molecule has 12 aromatic carbocycles. The maximum Gasteiger partial charge on any atom is 0.0159 e. The molecule has 410 valence electrons. The van der Waals surface area contributed by atoms with Gasteiger partial charge in [-0.15, -0.1) is 0 Å². The minimum Gasteiger partial charge on any atom is -0.0619 e. The predicted octanol–water partition coefficient (Wildman–Crippen LogP) is 20.7. The first kappa shape index (κ1) is 50.2. The van der Waals surface area contributed by atoms with Gasteiger partial charge in [0.2, 0.25) is 0 Å². The van der Waals surface area contributed by atoms with Crippen LogP contribution in [0.4, 0.5) is 0 Å². The van der Waals surface area contributed by atoms with Crippen molar-refractivity contribution in [3.8, 4) is 66.8 Å². The Morgan fingerprint density at radius 1 is 0.188 bits per heavy atom.